The fraction of sp³-hybridized carbons (Fsp3) is 0.150. The van der Waals surface area contributed by atoms with Gasteiger partial charge in [0, 0.05) is 19.2 Å². The molecule has 4 aromatic rings. The Kier molecular flexibility index (Phi) is 4.41. The van der Waals surface area contributed by atoms with Crippen LogP contribution < -0.4 is 0 Å². The SMILES string of the molecule is Cc1oc2nc(-c3ccccc3Cl)nn2c1C(=O)N(C)Cc1ccccc1. The van der Waals surface area contributed by atoms with Crippen LogP contribution in [0.5, 0.6) is 0 Å². The van der Waals surface area contributed by atoms with Gasteiger partial charge in [0.25, 0.3) is 5.91 Å². The molecule has 136 valence electrons. The van der Waals surface area contributed by atoms with Gasteiger partial charge in [-0.3, -0.25) is 4.79 Å². The second-order valence-electron chi connectivity index (χ2n) is 6.26. The van der Waals surface area contributed by atoms with E-state index in [9.17, 15) is 4.79 Å². The fourth-order valence-corrected chi connectivity index (χ4v) is 3.17. The molecule has 0 aliphatic heterocycles. The highest BCUT2D eigenvalue weighted by Crippen LogP contribution is 2.27. The maximum absolute atomic E-state index is 13.0. The lowest BCUT2D eigenvalue weighted by molar-refractivity contribution is 0.0775. The van der Waals surface area contributed by atoms with Crippen molar-refractivity contribution in [3.05, 3.63) is 76.6 Å². The van der Waals surface area contributed by atoms with Crippen LogP contribution in [-0.4, -0.2) is 32.5 Å². The van der Waals surface area contributed by atoms with Crippen LogP contribution in [0, 0.1) is 6.92 Å². The number of hydrogen-bond acceptors (Lipinski definition) is 4. The molecule has 27 heavy (non-hydrogen) atoms. The van der Waals surface area contributed by atoms with Crippen LogP contribution in [0.25, 0.3) is 17.2 Å². The summed E-state index contributed by atoms with van der Waals surface area (Å²) in [5.74, 6) is 0.962. The number of oxazole rings is 1. The van der Waals surface area contributed by atoms with E-state index in [-0.39, 0.29) is 11.8 Å². The number of hydrogen-bond donors (Lipinski definition) is 0. The molecule has 0 N–H and O–H groups in total. The summed E-state index contributed by atoms with van der Waals surface area (Å²) in [7, 11) is 1.75. The van der Waals surface area contributed by atoms with Crippen LogP contribution in [0.3, 0.4) is 0 Å². The molecular weight excluding hydrogens is 364 g/mol. The van der Waals surface area contributed by atoms with Crippen molar-refractivity contribution in [2.24, 2.45) is 0 Å². The topological polar surface area (TPSA) is 63.6 Å². The van der Waals surface area contributed by atoms with Crippen LogP contribution in [0.4, 0.5) is 0 Å². The van der Waals surface area contributed by atoms with Gasteiger partial charge < -0.3 is 9.32 Å². The first kappa shape index (κ1) is 17.3. The lowest BCUT2D eigenvalue weighted by Crippen LogP contribution is -2.28. The van der Waals surface area contributed by atoms with Gasteiger partial charge in [-0.05, 0) is 24.6 Å². The number of nitrogens with zero attached hydrogens (tertiary/aromatic N) is 4. The highest BCUT2D eigenvalue weighted by molar-refractivity contribution is 6.33. The molecule has 7 heteroatoms. The van der Waals surface area contributed by atoms with Crippen molar-refractivity contribution in [1.82, 2.24) is 19.5 Å². The van der Waals surface area contributed by atoms with Crippen molar-refractivity contribution >= 4 is 23.4 Å². The van der Waals surface area contributed by atoms with Gasteiger partial charge in [-0.15, -0.1) is 5.10 Å². The van der Waals surface area contributed by atoms with E-state index in [1.165, 1.54) is 4.52 Å². The Bertz CT molecular complexity index is 1120. The van der Waals surface area contributed by atoms with E-state index in [0.717, 1.165) is 5.56 Å². The standard InChI is InChI=1S/C20H17ClN4O2/c1-13-17(19(26)24(2)12-14-8-4-3-5-9-14)25-20(27-13)22-18(23-25)15-10-6-7-11-16(15)21/h3-11H,12H2,1-2H3. The van der Waals surface area contributed by atoms with E-state index in [4.69, 9.17) is 16.0 Å². The molecule has 6 nitrogen and oxygen atoms in total. The van der Waals surface area contributed by atoms with Gasteiger partial charge >= 0.3 is 5.84 Å². The Morgan fingerprint density at radius 2 is 1.85 bits per heavy atom. The van der Waals surface area contributed by atoms with Crippen LogP contribution in [0.1, 0.15) is 21.8 Å². The van der Waals surface area contributed by atoms with Crippen molar-refractivity contribution in [2.45, 2.75) is 13.5 Å². The number of carbonyl (C=O) groups excluding carboxylic acids is 1. The molecule has 0 spiro atoms. The van der Waals surface area contributed by atoms with E-state index in [1.807, 2.05) is 48.5 Å². The number of amides is 1. The van der Waals surface area contributed by atoms with Crippen molar-refractivity contribution in [2.75, 3.05) is 7.05 Å². The lowest BCUT2D eigenvalue weighted by Gasteiger charge is -2.16. The number of rotatable bonds is 4. The highest BCUT2D eigenvalue weighted by atomic mass is 35.5. The van der Waals surface area contributed by atoms with Gasteiger partial charge in [0.1, 0.15) is 5.76 Å². The van der Waals surface area contributed by atoms with Crippen LogP contribution in [0.15, 0.2) is 59.0 Å². The summed E-state index contributed by atoms with van der Waals surface area (Å²) < 4.78 is 7.10. The van der Waals surface area contributed by atoms with Gasteiger partial charge in [-0.2, -0.15) is 9.50 Å². The predicted molar refractivity (Wildman–Crippen MR) is 103 cm³/mol. The van der Waals surface area contributed by atoms with Gasteiger partial charge in [0.05, 0.1) is 5.02 Å². The number of fused-ring (bicyclic) bond motifs is 1. The van der Waals surface area contributed by atoms with Crippen molar-refractivity contribution in [3.63, 3.8) is 0 Å². The summed E-state index contributed by atoms with van der Waals surface area (Å²) in [6, 6.07) is 17.1. The van der Waals surface area contributed by atoms with Gasteiger partial charge in [-0.25, -0.2) is 0 Å². The highest BCUT2D eigenvalue weighted by Gasteiger charge is 2.25. The molecule has 0 bridgehead atoms. The summed E-state index contributed by atoms with van der Waals surface area (Å²) in [4.78, 5) is 19.0. The molecule has 0 radical (unpaired) electrons. The lowest BCUT2D eigenvalue weighted by atomic mass is 10.2. The average molecular weight is 381 g/mol. The maximum atomic E-state index is 13.0. The van der Waals surface area contributed by atoms with Gasteiger partial charge in [0.15, 0.2) is 11.5 Å². The van der Waals surface area contributed by atoms with Crippen LogP contribution >= 0.6 is 11.6 Å². The third-order valence-corrected chi connectivity index (χ3v) is 4.62. The first-order chi connectivity index (χ1) is 13.0. The second kappa shape index (κ2) is 6.89. The van der Waals surface area contributed by atoms with E-state index < -0.39 is 0 Å². The van der Waals surface area contributed by atoms with E-state index in [2.05, 4.69) is 10.1 Å². The Balaban J connectivity index is 1.70. The number of aryl methyl sites for hydroxylation is 1. The molecule has 1 amide bonds. The Morgan fingerprint density at radius 1 is 1.15 bits per heavy atom. The van der Waals surface area contributed by atoms with Gasteiger partial charge in [0.2, 0.25) is 0 Å². The smallest absolute Gasteiger partial charge is 0.325 e. The molecule has 0 saturated heterocycles. The monoisotopic (exact) mass is 380 g/mol. The first-order valence-electron chi connectivity index (χ1n) is 8.45. The largest absolute Gasteiger partial charge is 0.427 e. The zero-order chi connectivity index (χ0) is 19.0. The number of carbonyl (C=O) groups is 1. The minimum atomic E-state index is -0.189. The van der Waals surface area contributed by atoms with Gasteiger partial charge in [-0.1, -0.05) is 54.1 Å². The summed E-state index contributed by atoms with van der Waals surface area (Å²) in [5.41, 5.74) is 2.09. The fourth-order valence-electron chi connectivity index (χ4n) is 2.95. The summed E-state index contributed by atoms with van der Waals surface area (Å²) >= 11 is 6.23. The third kappa shape index (κ3) is 3.19. The predicted octanol–water partition coefficient (Wildman–Crippen LogP) is 4.22. The molecule has 0 aliphatic carbocycles. The zero-order valence-electron chi connectivity index (χ0n) is 14.9. The minimum Gasteiger partial charge on any atom is -0.427 e. The Morgan fingerprint density at radius 3 is 2.59 bits per heavy atom. The van der Waals surface area contributed by atoms with Crippen molar-refractivity contribution in [3.8, 4) is 11.4 Å². The summed E-state index contributed by atoms with van der Waals surface area (Å²) in [6.45, 7) is 2.22. The quantitative estimate of drug-likeness (QED) is 0.531. The molecule has 0 aliphatic rings. The van der Waals surface area contributed by atoms with Crippen molar-refractivity contribution < 1.29 is 9.21 Å². The zero-order valence-corrected chi connectivity index (χ0v) is 15.6. The first-order valence-corrected chi connectivity index (χ1v) is 8.83. The Hall–Kier alpha value is -3.12. The van der Waals surface area contributed by atoms with Crippen molar-refractivity contribution in [1.29, 1.82) is 0 Å². The Labute approximate surface area is 161 Å². The second-order valence-corrected chi connectivity index (χ2v) is 6.67. The van der Waals surface area contributed by atoms with Crippen LogP contribution in [0.2, 0.25) is 5.02 Å². The number of benzene rings is 2. The molecule has 4 rings (SSSR count). The summed E-state index contributed by atoms with van der Waals surface area (Å²) in [6.07, 6.45) is 0. The van der Waals surface area contributed by atoms with E-state index in [0.29, 0.717) is 34.4 Å². The van der Waals surface area contributed by atoms with E-state index in [1.54, 1.807) is 24.9 Å². The molecule has 0 saturated carbocycles. The normalized spacial score (nSPS) is 11.1. The molecule has 2 heterocycles. The average Bonchev–Trinajstić information content (AvgIpc) is 3.18. The molecule has 2 aromatic heterocycles. The number of halogens is 1. The summed E-state index contributed by atoms with van der Waals surface area (Å²) in [5, 5.41) is 4.99. The third-order valence-electron chi connectivity index (χ3n) is 4.29. The molecule has 0 unspecified atom stereocenters. The minimum absolute atomic E-state index is 0.189. The molecule has 0 atom stereocenters. The number of aromatic nitrogens is 3. The van der Waals surface area contributed by atoms with E-state index >= 15 is 0 Å². The molecule has 2 aromatic carbocycles. The maximum Gasteiger partial charge on any atom is 0.325 e. The molecule has 0 fully saturated rings. The molecular formula is C20H17ClN4O2. The van der Waals surface area contributed by atoms with Crippen LogP contribution in [-0.2, 0) is 6.54 Å².